The van der Waals surface area contributed by atoms with Gasteiger partial charge in [0.2, 0.25) is 0 Å². The number of hydrogen-bond acceptors (Lipinski definition) is 0. The lowest BCUT2D eigenvalue weighted by molar-refractivity contribution is 0.575. The van der Waals surface area contributed by atoms with Crippen LogP contribution in [0.2, 0.25) is 0 Å². The zero-order chi connectivity index (χ0) is 14.2. The van der Waals surface area contributed by atoms with Crippen molar-refractivity contribution in [1.29, 1.82) is 0 Å². The molecule has 1 aromatic carbocycles. The first-order valence-electron chi connectivity index (χ1n) is 8.29. The lowest BCUT2D eigenvalue weighted by Crippen LogP contribution is -1.95. The van der Waals surface area contributed by atoms with Crippen molar-refractivity contribution in [3.63, 3.8) is 0 Å². The Hall–Kier alpha value is -0.560. The van der Waals surface area contributed by atoms with Gasteiger partial charge in [-0.3, -0.25) is 0 Å². The van der Waals surface area contributed by atoms with Crippen LogP contribution in [-0.4, -0.2) is 0 Å². The highest BCUT2D eigenvalue weighted by Gasteiger charge is 2.12. The summed E-state index contributed by atoms with van der Waals surface area (Å²) in [6, 6.07) is 4.53. The summed E-state index contributed by atoms with van der Waals surface area (Å²) in [5, 5.41) is 0. The van der Waals surface area contributed by atoms with Gasteiger partial charge in [0.15, 0.2) is 0 Å². The number of allylic oxidation sites excluding steroid dienone is 1. The van der Waals surface area contributed by atoms with Crippen LogP contribution in [0.25, 0.3) is 6.08 Å². The maximum atomic E-state index is 3.65. The van der Waals surface area contributed by atoms with Crippen LogP contribution in [0.1, 0.15) is 75.0 Å². The van der Waals surface area contributed by atoms with Gasteiger partial charge in [-0.2, -0.15) is 0 Å². The molecular weight excluding hydrogens is 308 g/mol. The Balaban J connectivity index is 1.67. The zero-order valence-corrected chi connectivity index (χ0v) is 14.3. The highest BCUT2D eigenvalue weighted by Crippen LogP contribution is 2.31. The zero-order valence-electron chi connectivity index (χ0n) is 12.8. The van der Waals surface area contributed by atoms with Gasteiger partial charge < -0.3 is 0 Å². The van der Waals surface area contributed by atoms with E-state index in [4.69, 9.17) is 0 Å². The average Bonchev–Trinajstić information content (AvgIpc) is 2.94. The monoisotopic (exact) mass is 334 g/mol. The number of benzene rings is 1. The SMILES string of the molecule is CCCCCCCCCCc1ccc(Br)c2c1CC=C2. The quantitative estimate of drug-likeness (QED) is 0.440. The first-order chi connectivity index (χ1) is 9.83. The molecule has 2 rings (SSSR count). The molecule has 0 unspecified atom stereocenters. The molecule has 110 valence electrons. The predicted octanol–water partition coefficient (Wildman–Crippen LogP) is 6.70. The number of halogens is 1. The first kappa shape index (κ1) is 15.8. The van der Waals surface area contributed by atoms with Crippen LogP contribution < -0.4 is 0 Å². The fourth-order valence-corrected chi connectivity index (χ4v) is 3.58. The second-order valence-corrected chi connectivity index (χ2v) is 6.78. The van der Waals surface area contributed by atoms with Crippen LogP contribution in [0.15, 0.2) is 22.7 Å². The summed E-state index contributed by atoms with van der Waals surface area (Å²) in [4.78, 5) is 0. The summed E-state index contributed by atoms with van der Waals surface area (Å²) in [7, 11) is 0. The minimum absolute atomic E-state index is 1.13. The van der Waals surface area contributed by atoms with Crippen LogP contribution in [0.5, 0.6) is 0 Å². The van der Waals surface area contributed by atoms with E-state index < -0.39 is 0 Å². The van der Waals surface area contributed by atoms with Crippen molar-refractivity contribution in [2.24, 2.45) is 0 Å². The van der Waals surface area contributed by atoms with Gasteiger partial charge in [-0.1, -0.05) is 86.0 Å². The Labute approximate surface area is 132 Å². The third-order valence-corrected chi connectivity index (χ3v) is 5.00. The largest absolute Gasteiger partial charge is 0.0795 e. The van der Waals surface area contributed by atoms with Crippen molar-refractivity contribution in [3.8, 4) is 0 Å². The van der Waals surface area contributed by atoms with Crippen molar-refractivity contribution in [2.45, 2.75) is 71.1 Å². The second-order valence-electron chi connectivity index (χ2n) is 5.93. The van der Waals surface area contributed by atoms with Crippen molar-refractivity contribution in [3.05, 3.63) is 39.4 Å². The molecule has 0 fully saturated rings. The molecule has 0 nitrogen and oxygen atoms in total. The molecule has 0 amide bonds. The van der Waals surface area contributed by atoms with E-state index >= 15 is 0 Å². The van der Waals surface area contributed by atoms with Crippen LogP contribution >= 0.6 is 15.9 Å². The Morgan fingerprint density at radius 2 is 1.65 bits per heavy atom. The molecule has 0 heterocycles. The van der Waals surface area contributed by atoms with Crippen LogP contribution in [0, 0.1) is 0 Å². The molecule has 0 saturated carbocycles. The minimum atomic E-state index is 1.13. The Kier molecular flexibility index (Phi) is 6.86. The van der Waals surface area contributed by atoms with Gasteiger partial charge in [-0.05, 0) is 42.0 Å². The fraction of sp³-hybridized carbons (Fsp3) is 0.579. The lowest BCUT2D eigenvalue weighted by Gasteiger charge is -2.10. The third kappa shape index (κ3) is 4.48. The first-order valence-corrected chi connectivity index (χ1v) is 9.09. The molecule has 0 saturated heterocycles. The molecule has 1 heteroatoms. The van der Waals surface area contributed by atoms with E-state index in [9.17, 15) is 0 Å². The molecule has 0 aliphatic heterocycles. The minimum Gasteiger partial charge on any atom is -0.0795 e. The summed E-state index contributed by atoms with van der Waals surface area (Å²) in [5.74, 6) is 0. The van der Waals surface area contributed by atoms with E-state index in [2.05, 4.69) is 47.1 Å². The molecule has 0 spiro atoms. The number of fused-ring (bicyclic) bond motifs is 1. The van der Waals surface area contributed by atoms with Gasteiger partial charge in [-0.25, -0.2) is 0 Å². The normalized spacial score (nSPS) is 12.9. The molecule has 1 aliphatic rings. The summed E-state index contributed by atoms with van der Waals surface area (Å²) < 4.78 is 1.25. The molecule has 1 aromatic rings. The molecule has 1 aliphatic carbocycles. The van der Waals surface area contributed by atoms with Crippen molar-refractivity contribution < 1.29 is 0 Å². The topological polar surface area (TPSA) is 0 Å². The van der Waals surface area contributed by atoms with E-state index in [0.717, 1.165) is 6.42 Å². The maximum absolute atomic E-state index is 3.65. The Morgan fingerprint density at radius 3 is 2.40 bits per heavy atom. The number of hydrogen-bond donors (Lipinski definition) is 0. The van der Waals surface area contributed by atoms with Gasteiger partial charge in [0, 0.05) is 4.47 Å². The van der Waals surface area contributed by atoms with Gasteiger partial charge >= 0.3 is 0 Å². The van der Waals surface area contributed by atoms with E-state index in [0.29, 0.717) is 0 Å². The van der Waals surface area contributed by atoms with E-state index in [1.54, 1.807) is 11.1 Å². The van der Waals surface area contributed by atoms with Crippen LogP contribution in [-0.2, 0) is 12.8 Å². The number of rotatable bonds is 9. The van der Waals surface area contributed by atoms with Crippen LogP contribution in [0.4, 0.5) is 0 Å². The smallest absolute Gasteiger partial charge is 0.0250 e. The lowest BCUT2D eigenvalue weighted by atomic mass is 9.97. The average molecular weight is 335 g/mol. The van der Waals surface area contributed by atoms with Gasteiger partial charge in [0.05, 0.1) is 0 Å². The third-order valence-electron chi connectivity index (χ3n) is 4.31. The number of unbranched alkanes of at least 4 members (excludes halogenated alkanes) is 7. The molecule has 20 heavy (non-hydrogen) atoms. The van der Waals surface area contributed by atoms with Crippen LogP contribution in [0.3, 0.4) is 0 Å². The number of aryl methyl sites for hydroxylation is 1. The van der Waals surface area contributed by atoms with E-state index in [1.165, 1.54) is 67.8 Å². The van der Waals surface area contributed by atoms with E-state index in [1.807, 2.05) is 0 Å². The van der Waals surface area contributed by atoms with Gasteiger partial charge in [0.25, 0.3) is 0 Å². The van der Waals surface area contributed by atoms with Gasteiger partial charge in [0.1, 0.15) is 0 Å². The highest BCUT2D eigenvalue weighted by atomic mass is 79.9. The van der Waals surface area contributed by atoms with E-state index in [-0.39, 0.29) is 0 Å². The summed E-state index contributed by atoms with van der Waals surface area (Å²) in [6.45, 7) is 2.28. The molecule has 0 atom stereocenters. The predicted molar refractivity (Wildman–Crippen MR) is 93.2 cm³/mol. The van der Waals surface area contributed by atoms with Crippen molar-refractivity contribution in [1.82, 2.24) is 0 Å². The molecule has 0 bridgehead atoms. The molecule has 0 aromatic heterocycles. The fourth-order valence-electron chi connectivity index (χ4n) is 3.08. The summed E-state index contributed by atoms with van der Waals surface area (Å²) in [6.07, 6.45) is 18.2. The Morgan fingerprint density at radius 1 is 0.950 bits per heavy atom. The second kappa shape index (κ2) is 8.67. The van der Waals surface area contributed by atoms with Gasteiger partial charge in [-0.15, -0.1) is 0 Å². The molecular formula is C19H27Br. The molecule has 0 N–H and O–H groups in total. The maximum Gasteiger partial charge on any atom is 0.0250 e. The summed E-state index contributed by atoms with van der Waals surface area (Å²) in [5.41, 5.74) is 4.54. The van der Waals surface area contributed by atoms with Crippen molar-refractivity contribution >= 4 is 22.0 Å². The Bertz CT molecular complexity index is 445. The highest BCUT2D eigenvalue weighted by molar-refractivity contribution is 9.10. The standard InChI is InChI=1S/C19H27Br/c1-2-3-4-5-6-7-8-9-11-16-14-15-19(20)18-13-10-12-17(16)18/h10,13-15H,2-9,11-12H2,1H3. The van der Waals surface area contributed by atoms with Crippen molar-refractivity contribution in [2.75, 3.05) is 0 Å². The molecule has 0 radical (unpaired) electrons. The summed E-state index contributed by atoms with van der Waals surface area (Å²) >= 11 is 3.65.